The summed E-state index contributed by atoms with van der Waals surface area (Å²) in [5.41, 5.74) is 0.883. The fourth-order valence-corrected chi connectivity index (χ4v) is 2.14. The van der Waals surface area contributed by atoms with E-state index in [1.54, 1.807) is 43.2 Å². The molecule has 25 heavy (non-hydrogen) atoms. The molecule has 0 aliphatic heterocycles. The number of nitrogens with zero attached hydrogens (tertiary/aromatic N) is 6. The number of aromatic nitrogens is 5. The van der Waals surface area contributed by atoms with Crippen LogP contribution in [0.1, 0.15) is 11.5 Å². The molecule has 0 saturated heterocycles. The Morgan fingerprint density at radius 1 is 1.40 bits per heavy atom. The Kier molecular flexibility index (Phi) is 4.68. The lowest BCUT2D eigenvalue weighted by Crippen LogP contribution is -2.36. The summed E-state index contributed by atoms with van der Waals surface area (Å²) in [6.45, 7) is 0.369. The summed E-state index contributed by atoms with van der Waals surface area (Å²) in [5.74, 6) is -0.139. The van der Waals surface area contributed by atoms with Crippen molar-refractivity contribution in [3.63, 3.8) is 0 Å². The normalized spacial score (nSPS) is 10.7. The first-order chi connectivity index (χ1) is 12.0. The van der Waals surface area contributed by atoms with Gasteiger partial charge in [0.25, 0.3) is 5.89 Å². The quantitative estimate of drug-likeness (QED) is 0.749. The molecule has 2 aromatic heterocycles. The van der Waals surface area contributed by atoms with Gasteiger partial charge in [-0.05, 0) is 12.1 Å². The van der Waals surface area contributed by atoms with Crippen molar-refractivity contribution < 1.29 is 13.7 Å². The van der Waals surface area contributed by atoms with Gasteiger partial charge in [-0.1, -0.05) is 22.5 Å². The van der Waals surface area contributed by atoms with Gasteiger partial charge < -0.3 is 14.7 Å². The van der Waals surface area contributed by atoms with Gasteiger partial charge in [0.1, 0.15) is 11.5 Å². The molecule has 0 fully saturated rings. The number of benzene rings is 1. The Labute approximate surface area is 142 Å². The number of amides is 2. The van der Waals surface area contributed by atoms with Crippen molar-refractivity contribution in [2.24, 2.45) is 7.05 Å². The van der Waals surface area contributed by atoms with E-state index in [1.807, 2.05) is 0 Å². The van der Waals surface area contributed by atoms with Crippen LogP contribution in [0.4, 0.5) is 9.18 Å². The predicted octanol–water partition coefficient (Wildman–Crippen LogP) is 1.35. The minimum atomic E-state index is -0.453. The number of carbonyl (C=O) groups excluding carboxylic acids is 1. The highest BCUT2D eigenvalue weighted by Gasteiger charge is 2.15. The highest BCUT2D eigenvalue weighted by atomic mass is 19.1. The molecule has 0 unspecified atom stereocenters. The monoisotopic (exact) mass is 345 g/mol. The van der Waals surface area contributed by atoms with Gasteiger partial charge in [-0.2, -0.15) is 4.98 Å². The van der Waals surface area contributed by atoms with Gasteiger partial charge in [-0.3, -0.25) is 4.68 Å². The third kappa shape index (κ3) is 3.97. The lowest BCUT2D eigenvalue weighted by atomic mass is 10.2. The summed E-state index contributed by atoms with van der Waals surface area (Å²) < 4.78 is 20.3. The first-order valence-corrected chi connectivity index (χ1v) is 7.44. The number of nitrogens with one attached hydrogen (secondary N) is 1. The van der Waals surface area contributed by atoms with Crippen LogP contribution in [0.15, 0.2) is 35.0 Å². The van der Waals surface area contributed by atoms with Crippen LogP contribution in [0.3, 0.4) is 0 Å². The van der Waals surface area contributed by atoms with Crippen LogP contribution < -0.4 is 5.32 Å². The molecule has 130 valence electrons. The van der Waals surface area contributed by atoms with E-state index < -0.39 is 5.82 Å². The number of halogens is 1. The van der Waals surface area contributed by atoms with Gasteiger partial charge >= 0.3 is 6.03 Å². The van der Waals surface area contributed by atoms with E-state index in [2.05, 4.69) is 25.8 Å². The molecule has 0 aliphatic carbocycles. The SMILES string of the molecule is CN(Cc1cn(C)nn1)C(=O)NCc1noc(-c2ccccc2F)n1. The Balaban J connectivity index is 1.56. The third-order valence-electron chi connectivity index (χ3n) is 3.37. The average molecular weight is 345 g/mol. The molecule has 0 atom stereocenters. The molecule has 3 aromatic rings. The van der Waals surface area contributed by atoms with Crippen LogP contribution in [0.25, 0.3) is 11.5 Å². The van der Waals surface area contributed by atoms with Crippen molar-refractivity contribution in [3.05, 3.63) is 47.8 Å². The Morgan fingerprint density at radius 3 is 2.92 bits per heavy atom. The number of rotatable bonds is 5. The Hall–Kier alpha value is -3.30. The minimum Gasteiger partial charge on any atom is -0.334 e. The van der Waals surface area contributed by atoms with E-state index in [0.717, 1.165) is 0 Å². The Bertz CT molecular complexity index is 876. The van der Waals surface area contributed by atoms with Gasteiger partial charge in [-0.15, -0.1) is 5.10 Å². The lowest BCUT2D eigenvalue weighted by molar-refractivity contribution is 0.205. The maximum atomic E-state index is 13.7. The number of aryl methyl sites for hydroxylation is 1. The molecule has 0 spiro atoms. The van der Waals surface area contributed by atoms with Gasteiger partial charge in [0.15, 0.2) is 5.82 Å². The molecule has 2 amide bonds. The highest BCUT2D eigenvalue weighted by Crippen LogP contribution is 2.20. The fourth-order valence-electron chi connectivity index (χ4n) is 2.14. The van der Waals surface area contributed by atoms with Gasteiger partial charge in [-0.25, -0.2) is 9.18 Å². The summed E-state index contributed by atoms with van der Waals surface area (Å²) >= 11 is 0. The standard InChI is InChI=1S/C15H16FN7O2/c1-22(8-10-9-23(2)21-19-10)15(24)17-7-13-18-14(25-20-13)11-5-3-4-6-12(11)16/h3-6,9H,7-8H2,1-2H3,(H,17,24). The van der Waals surface area contributed by atoms with E-state index in [0.29, 0.717) is 12.2 Å². The van der Waals surface area contributed by atoms with Crippen molar-refractivity contribution in [1.29, 1.82) is 0 Å². The summed E-state index contributed by atoms with van der Waals surface area (Å²) in [6, 6.07) is 5.76. The molecule has 0 saturated carbocycles. The molecule has 0 aliphatic rings. The molecular formula is C15H16FN7O2. The molecule has 2 heterocycles. The van der Waals surface area contributed by atoms with Crippen molar-refractivity contribution in [2.75, 3.05) is 7.05 Å². The summed E-state index contributed by atoms with van der Waals surface area (Å²) in [4.78, 5) is 17.6. The molecule has 9 nitrogen and oxygen atoms in total. The second kappa shape index (κ2) is 7.07. The summed E-state index contributed by atoms with van der Waals surface area (Å²) in [7, 11) is 3.38. The molecule has 0 radical (unpaired) electrons. The second-order valence-corrected chi connectivity index (χ2v) is 5.39. The maximum Gasteiger partial charge on any atom is 0.317 e. The number of hydrogen-bond donors (Lipinski definition) is 1. The van der Waals surface area contributed by atoms with E-state index in [9.17, 15) is 9.18 Å². The predicted molar refractivity (Wildman–Crippen MR) is 84.4 cm³/mol. The molecular weight excluding hydrogens is 329 g/mol. The first kappa shape index (κ1) is 16.6. The van der Waals surface area contributed by atoms with Gasteiger partial charge in [0.2, 0.25) is 0 Å². The lowest BCUT2D eigenvalue weighted by Gasteiger charge is -2.15. The molecule has 3 rings (SSSR count). The molecule has 1 N–H and O–H groups in total. The Morgan fingerprint density at radius 2 is 2.20 bits per heavy atom. The van der Waals surface area contributed by atoms with Crippen LogP contribution in [-0.4, -0.2) is 43.1 Å². The zero-order valence-corrected chi connectivity index (χ0v) is 13.7. The molecule has 1 aromatic carbocycles. The summed E-state index contributed by atoms with van der Waals surface area (Å²) in [6.07, 6.45) is 1.73. The topological polar surface area (TPSA) is 102 Å². The van der Waals surface area contributed by atoms with Crippen LogP contribution in [0.5, 0.6) is 0 Å². The van der Waals surface area contributed by atoms with Crippen molar-refractivity contribution >= 4 is 6.03 Å². The van der Waals surface area contributed by atoms with Crippen molar-refractivity contribution in [3.8, 4) is 11.5 Å². The fraction of sp³-hybridized carbons (Fsp3) is 0.267. The molecule has 10 heteroatoms. The number of hydrogen-bond acceptors (Lipinski definition) is 6. The van der Waals surface area contributed by atoms with Gasteiger partial charge in [0, 0.05) is 20.3 Å². The van der Waals surface area contributed by atoms with Crippen LogP contribution in [0.2, 0.25) is 0 Å². The smallest absolute Gasteiger partial charge is 0.317 e. The van der Waals surface area contributed by atoms with E-state index >= 15 is 0 Å². The average Bonchev–Trinajstić information content (AvgIpc) is 3.22. The second-order valence-electron chi connectivity index (χ2n) is 5.39. The maximum absolute atomic E-state index is 13.7. The summed E-state index contributed by atoms with van der Waals surface area (Å²) in [5, 5.41) is 14.1. The minimum absolute atomic E-state index is 0.0571. The van der Waals surface area contributed by atoms with E-state index in [1.165, 1.54) is 11.0 Å². The van der Waals surface area contributed by atoms with Crippen LogP contribution in [0, 0.1) is 5.82 Å². The van der Waals surface area contributed by atoms with Crippen LogP contribution >= 0.6 is 0 Å². The zero-order chi connectivity index (χ0) is 17.8. The van der Waals surface area contributed by atoms with E-state index in [-0.39, 0.29) is 29.9 Å². The van der Waals surface area contributed by atoms with Crippen molar-refractivity contribution in [1.82, 2.24) is 35.4 Å². The first-order valence-electron chi connectivity index (χ1n) is 7.44. The molecule has 0 bridgehead atoms. The number of urea groups is 1. The van der Waals surface area contributed by atoms with E-state index in [4.69, 9.17) is 4.52 Å². The third-order valence-corrected chi connectivity index (χ3v) is 3.37. The largest absolute Gasteiger partial charge is 0.334 e. The number of carbonyl (C=O) groups is 1. The van der Waals surface area contributed by atoms with Crippen molar-refractivity contribution in [2.45, 2.75) is 13.1 Å². The van der Waals surface area contributed by atoms with Gasteiger partial charge in [0.05, 0.1) is 18.7 Å². The van der Waals surface area contributed by atoms with Crippen LogP contribution in [-0.2, 0) is 20.1 Å². The zero-order valence-electron chi connectivity index (χ0n) is 13.7. The highest BCUT2D eigenvalue weighted by molar-refractivity contribution is 5.73.